The van der Waals surface area contributed by atoms with E-state index in [1.54, 1.807) is 0 Å². The number of nitrogens with two attached hydrogens (primary N) is 1. The Morgan fingerprint density at radius 2 is 1.94 bits per heavy atom. The van der Waals surface area contributed by atoms with Crippen molar-refractivity contribution in [1.29, 1.82) is 0 Å². The van der Waals surface area contributed by atoms with E-state index in [1.165, 1.54) is 0 Å². The molecule has 0 aromatic heterocycles. The average molecular weight is 235 g/mol. The lowest BCUT2D eigenvalue weighted by molar-refractivity contribution is 0.0939. The van der Waals surface area contributed by atoms with Gasteiger partial charge < -0.3 is 16.0 Å². The number of hydrogen-bond acceptors (Lipinski definition) is 3. The van der Waals surface area contributed by atoms with E-state index in [1.807, 2.05) is 50.2 Å². The molecule has 3 N–H and O–H groups in total. The van der Waals surface area contributed by atoms with Crippen LogP contribution in [-0.2, 0) is 0 Å². The largest absolute Gasteiger partial charge is 0.378 e. The molecule has 1 rings (SSSR count). The molecule has 0 radical (unpaired) electrons. The molecule has 0 bridgehead atoms. The molecule has 1 atom stereocenters. The Bertz CT molecular complexity index is 359. The summed E-state index contributed by atoms with van der Waals surface area (Å²) in [6, 6.07) is 7.64. The first-order valence-electron chi connectivity index (χ1n) is 5.83. The smallest absolute Gasteiger partial charge is 0.251 e. The van der Waals surface area contributed by atoms with Crippen molar-refractivity contribution in [2.75, 3.05) is 25.5 Å². The summed E-state index contributed by atoms with van der Waals surface area (Å²) >= 11 is 0. The van der Waals surface area contributed by atoms with Crippen molar-refractivity contribution < 1.29 is 4.79 Å². The first-order chi connectivity index (χ1) is 8.04. The monoisotopic (exact) mass is 235 g/mol. The fourth-order valence-corrected chi connectivity index (χ4v) is 1.54. The molecule has 0 saturated carbocycles. The zero-order chi connectivity index (χ0) is 12.8. The minimum Gasteiger partial charge on any atom is -0.378 e. The average Bonchev–Trinajstić information content (AvgIpc) is 2.29. The van der Waals surface area contributed by atoms with Crippen molar-refractivity contribution in [1.82, 2.24) is 5.32 Å². The lowest BCUT2D eigenvalue weighted by Gasteiger charge is -2.14. The van der Waals surface area contributed by atoms with Crippen LogP contribution in [0.15, 0.2) is 24.3 Å². The molecule has 0 fully saturated rings. The second kappa shape index (κ2) is 6.25. The molecule has 0 aliphatic rings. The van der Waals surface area contributed by atoms with Crippen LogP contribution in [0.2, 0.25) is 0 Å². The predicted molar refractivity (Wildman–Crippen MR) is 71.4 cm³/mol. The molecular formula is C13H21N3O. The highest BCUT2D eigenvalue weighted by atomic mass is 16.1. The van der Waals surface area contributed by atoms with Crippen LogP contribution in [-0.4, -0.2) is 32.6 Å². The van der Waals surface area contributed by atoms with Gasteiger partial charge in [0.25, 0.3) is 5.91 Å². The van der Waals surface area contributed by atoms with Crippen LogP contribution in [0, 0.1) is 0 Å². The molecule has 17 heavy (non-hydrogen) atoms. The van der Waals surface area contributed by atoms with Gasteiger partial charge >= 0.3 is 0 Å². The van der Waals surface area contributed by atoms with E-state index in [-0.39, 0.29) is 11.9 Å². The Labute approximate surface area is 103 Å². The van der Waals surface area contributed by atoms with Crippen LogP contribution in [0.25, 0.3) is 0 Å². The van der Waals surface area contributed by atoms with Crippen LogP contribution in [0.5, 0.6) is 0 Å². The van der Waals surface area contributed by atoms with Crippen LogP contribution in [0.4, 0.5) is 5.69 Å². The van der Waals surface area contributed by atoms with Gasteiger partial charge in [0.1, 0.15) is 0 Å². The van der Waals surface area contributed by atoms with Gasteiger partial charge in [0.15, 0.2) is 0 Å². The number of rotatable bonds is 5. The van der Waals surface area contributed by atoms with Crippen molar-refractivity contribution in [2.24, 2.45) is 5.73 Å². The van der Waals surface area contributed by atoms with E-state index in [4.69, 9.17) is 5.73 Å². The highest BCUT2D eigenvalue weighted by Crippen LogP contribution is 2.12. The Kier molecular flexibility index (Phi) is 4.97. The molecule has 4 nitrogen and oxygen atoms in total. The number of carbonyl (C=O) groups excluding carboxylic acids is 1. The summed E-state index contributed by atoms with van der Waals surface area (Å²) in [6.45, 7) is 2.54. The van der Waals surface area contributed by atoms with E-state index in [0.717, 1.165) is 12.1 Å². The van der Waals surface area contributed by atoms with E-state index in [9.17, 15) is 4.79 Å². The molecule has 1 aromatic rings. The van der Waals surface area contributed by atoms with Crippen molar-refractivity contribution in [3.63, 3.8) is 0 Å². The Morgan fingerprint density at radius 3 is 2.41 bits per heavy atom. The first-order valence-corrected chi connectivity index (χ1v) is 5.83. The summed E-state index contributed by atoms with van der Waals surface area (Å²) in [5.41, 5.74) is 7.20. The molecular weight excluding hydrogens is 214 g/mol. The summed E-state index contributed by atoms with van der Waals surface area (Å²) in [5, 5.41) is 2.91. The third-order valence-electron chi connectivity index (χ3n) is 2.62. The molecule has 0 saturated heterocycles. The number of benzene rings is 1. The van der Waals surface area contributed by atoms with Crippen molar-refractivity contribution >= 4 is 11.6 Å². The SMILES string of the molecule is CC(CCN)NC(=O)c1ccc(N(C)C)cc1. The van der Waals surface area contributed by atoms with Gasteiger partial charge in [0, 0.05) is 31.4 Å². The Morgan fingerprint density at radius 1 is 1.35 bits per heavy atom. The summed E-state index contributed by atoms with van der Waals surface area (Å²) < 4.78 is 0. The summed E-state index contributed by atoms with van der Waals surface area (Å²) in [7, 11) is 3.94. The van der Waals surface area contributed by atoms with Crippen LogP contribution < -0.4 is 16.0 Å². The number of anilines is 1. The molecule has 0 aliphatic heterocycles. The Hall–Kier alpha value is -1.55. The topological polar surface area (TPSA) is 58.4 Å². The van der Waals surface area contributed by atoms with Gasteiger partial charge in [-0.05, 0) is 44.2 Å². The molecule has 0 heterocycles. The molecule has 1 amide bonds. The fourth-order valence-electron chi connectivity index (χ4n) is 1.54. The van der Waals surface area contributed by atoms with Crippen LogP contribution in [0.3, 0.4) is 0 Å². The van der Waals surface area contributed by atoms with Gasteiger partial charge in [-0.1, -0.05) is 0 Å². The van der Waals surface area contributed by atoms with E-state index < -0.39 is 0 Å². The highest BCUT2D eigenvalue weighted by molar-refractivity contribution is 5.94. The van der Waals surface area contributed by atoms with Gasteiger partial charge in [-0.15, -0.1) is 0 Å². The third-order valence-corrected chi connectivity index (χ3v) is 2.62. The first kappa shape index (κ1) is 13.5. The number of amides is 1. The van der Waals surface area contributed by atoms with Crippen molar-refractivity contribution in [3.05, 3.63) is 29.8 Å². The van der Waals surface area contributed by atoms with Gasteiger partial charge in [0.05, 0.1) is 0 Å². The summed E-state index contributed by atoms with van der Waals surface area (Å²) in [6.07, 6.45) is 0.793. The van der Waals surface area contributed by atoms with E-state index in [0.29, 0.717) is 12.1 Å². The van der Waals surface area contributed by atoms with E-state index in [2.05, 4.69) is 5.32 Å². The second-order valence-corrected chi connectivity index (χ2v) is 4.39. The maximum absolute atomic E-state index is 11.8. The van der Waals surface area contributed by atoms with Crippen molar-refractivity contribution in [2.45, 2.75) is 19.4 Å². The lowest BCUT2D eigenvalue weighted by Crippen LogP contribution is -2.34. The van der Waals surface area contributed by atoms with Crippen molar-refractivity contribution in [3.8, 4) is 0 Å². The van der Waals surface area contributed by atoms with Gasteiger partial charge in [-0.25, -0.2) is 0 Å². The zero-order valence-corrected chi connectivity index (χ0v) is 10.7. The normalized spacial score (nSPS) is 12.0. The van der Waals surface area contributed by atoms with Gasteiger partial charge in [-0.2, -0.15) is 0 Å². The lowest BCUT2D eigenvalue weighted by atomic mass is 10.1. The quantitative estimate of drug-likeness (QED) is 0.806. The number of carbonyl (C=O) groups is 1. The number of hydrogen-bond donors (Lipinski definition) is 2. The maximum atomic E-state index is 11.8. The maximum Gasteiger partial charge on any atom is 0.251 e. The molecule has 4 heteroatoms. The third kappa shape index (κ3) is 4.07. The van der Waals surface area contributed by atoms with Gasteiger partial charge in [-0.3, -0.25) is 4.79 Å². The predicted octanol–water partition coefficient (Wildman–Crippen LogP) is 1.22. The number of nitrogens with zero attached hydrogens (tertiary/aromatic N) is 1. The summed E-state index contributed by atoms with van der Waals surface area (Å²) in [5.74, 6) is -0.0451. The van der Waals surface area contributed by atoms with E-state index >= 15 is 0 Å². The fraction of sp³-hybridized carbons (Fsp3) is 0.462. The molecule has 0 spiro atoms. The van der Waals surface area contributed by atoms with Crippen LogP contribution >= 0.6 is 0 Å². The Balaban J connectivity index is 2.63. The molecule has 0 aliphatic carbocycles. The minimum atomic E-state index is -0.0451. The zero-order valence-electron chi connectivity index (χ0n) is 10.7. The highest BCUT2D eigenvalue weighted by Gasteiger charge is 2.09. The molecule has 94 valence electrons. The standard InChI is InChI=1S/C13H21N3O/c1-10(8-9-14)15-13(17)11-4-6-12(7-5-11)16(2)3/h4-7,10H,8-9,14H2,1-3H3,(H,15,17). The summed E-state index contributed by atoms with van der Waals surface area (Å²) in [4.78, 5) is 13.8. The van der Waals surface area contributed by atoms with Gasteiger partial charge in [0.2, 0.25) is 0 Å². The number of nitrogens with one attached hydrogen (secondary N) is 1. The molecule has 1 unspecified atom stereocenters. The van der Waals surface area contributed by atoms with Crippen LogP contribution in [0.1, 0.15) is 23.7 Å². The minimum absolute atomic E-state index is 0.0451. The second-order valence-electron chi connectivity index (χ2n) is 4.39. The molecule has 1 aromatic carbocycles.